The van der Waals surface area contributed by atoms with Crippen LogP contribution < -0.4 is 9.47 Å². The number of aryl methyl sites for hydroxylation is 1. The highest BCUT2D eigenvalue weighted by atomic mass is 16.5. The molecule has 1 fully saturated rings. The Bertz CT molecular complexity index is 748. The molecule has 2 aromatic rings. The molecule has 0 unspecified atom stereocenters. The molecule has 1 saturated heterocycles. The van der Waals surface area contributed by atoms with Gasteiger partial charge in [0.2, 0.25) is 5.89 Å². The van der Waals surface area contributed by atoms with Crippen molar-refractivity contribution in [1.29, 1.82) is 0 Å². The molecule has 142 valence electrons. The highest BCUT2D eigenvalue weighted by Crippen LogP contribution is 2.35. The van der Waals surface area contributed by atoms with E-state index >= 15 is 0 Å². The molecule has 1 aliphatic rings. The van der Waals surface area contributed by atoms with E-state index in [1.807, 2.05) is 25.1 Å². The SMILES string of the molecule is COc1ccc(OC)c(-c2nc(CN3CCC(C)(CO)CC3)c(C)o2)c1. The van der Waals surface area contributed by atoms with Crippen molar-refractivity contribution in [2.75, 3.05) is 33.9 Å². The molecule has 0 bridgehead atoms. The number of methoxy groups -OCH3 is 2. The molecule has 0 aliphatic carbocycles. The van der Waals surface area contributed by atoms with Gasteiger partial charge in [-0.15, -0.1) is 0 Å². The summed E-state index contributed by atoms with van der Waals surface area (Å²) in [5.41, 5.74) is 1.78. The number of hydrogen-bond acceptors (Lipinski definition) is 6. The van der Waals surface area contributed by atoms with Crippen molar-refractivity contribution < 1.29 is 19.0 Å². The highest BCUT2D eigenvalue weighted by Gasteiger charge is 2.30. The van der Waals surface area contributed by atoms with Crippen LogP contribution >= 0.6 is 0 Å². The lowest BCUT2D eigenvalue weighted by molar-refractivity contribution is 0.0551. The summed E-state index contributed by atoms with van der Waals surface area (Å²) in [7, 11) is 3.27. The number of hydrogen-bond donors (Lipinski definition) is 1. The van der Waals surface area contributed by atoms with Crippen LogP contribution in [0.25, 0.3) is 11.5 Å². The third kappa shape index (κ3) is 3.86. The molecule has 1 aromatic heterocycles. The van der Waals surface area contributed by atoms with Crippen molar-refractivity contribution in [3.8, 4) is 23.0 Å². The van der Waals surface area contributed by atoms with Gasteiger partial charge in [0.1, 0.15) is 17.3 Å². The van der Waals surface area contributed by atoms with E-state index in [9.17, 15) is 5.11 Å². The fourth-order valence-corrected chi connectivity index (χ4v) is 3.29. The first kappa shape index (κ1) is 18.7. The van der Waals surface area contributed by atoms with Gasteiger partial charge < -0.3 is 19.0 Å². The summed E-state index contributed by atoms with van der Waals surface area (Å²) >= 11 is 0. The average Bonchev–Trinajstić information content (AvgIpc) is 3.03. The Hall–Kier alpha value is -2.05. The van der Waals surface area contributed by atoms with Crippen molar-refractivity contribution in [1.82, 2.24) is 9.88 Å². The Balaban J connectivity index is 1.78. The van der Waals surface area contributed by atoms with Crippen LogP contribution in [0.1, 0.15) is 31.2 Å². The summed E-state index contributed by atoms with van der Waals surface area (Å²) in [6.45, 7) is 7.02. The van der Waals surface area contributed by atoms with E-state index < -0.39 is 0 Å². The second-order valence-corrected chi connectivity index (χ2v) is 7.33. The fraction of sp³-hybridized carbons (Fsp3) is 0.550. The topological polar surface area (TPSA) is 68.0 Å². The van der Waals surface area contributed by atoms with Crippen LogP contribution in [-0.2, 0) is 6.54 Å². The van der Waals surface area contributed by atoms with Gasteiger partial charge in [0.15, 0.2) is 0 Å². The van der Waals surface area contributed by atoms with E-state index in [0.29, 0.717) is 11.6 Å². The van der Waals surface area contributed by atoms with E-state index in [4.69, 9.17) is 18.9 Å². The number of rotatable bonds is 6. The molecular formula is C20H28N2O4. The monoisotopic (exact) mass is 360 g/mol. The normalized spacial score (nSPS) is 17.3. The van der Waals surface area contributed by atoms with Crippen LogP contribution in [0.5, 0.6) is 11.5 Å². The Labute approximate surface area is 154 Å². The molecule has 0 atom stereocenters. The van der Waals surface area contributed by atoms with Gasteiger partial charge in [0.05, 0.1) is 25.5 Å². The molecule has 1 aromatic carbocycles. The second kappa shape index (κ2) is 7.68. The molecule has 0 spiro atoms. The van der Waals surface area contributed by atoms with E-state index in [1.165, 1.54) is 0 Å². The lowest BCUT2D eigenvalue weighted by Gasteiger charge is -2.37. The van der Waals surface area contributed by atoms with E-state index in [2.05, 4.69) is 11.8 Å². The maximum atomic E-state index is 9.52. The van der Waals surface area contributed by atoms with Gasteiger partial charge in [-0.25, -0.2) is 4.98 Å². The van der Waals surface area contributed by atoms with E-state index in [0.717, 1.165) is 55.2 Å². The molecule has 0 radical (unpaired) electrons. The number of aliphatic hydroxyl groups excluding tert-OH is 1. The Kier molecular flexibility index (Phi) is 5.53. The van der Waals surface area contributed by atoms with Crippen molar-refractivity contribution in [3.63, 3.8) is 0 Å². The minimum absolute atomic E-state index is 0.0501. The zero-order valence-corrected chi connectivity index (χ0v) is 16.0. The zero-order valence-electron chi connectivity index (χ0n) is 16.0. The molecule has 1 N–H and O–H groups in total. The van der Waals surface area contributed by atoms with Gasteiger partial charge in [-0.05, 0) is 56.5 Å². The highest BCUT2D eigenvalue weighted by molar-refractivity contribution is 5.65. The number of oxazole rings is 1. The maximum Gasteiger partial charge on any atom is 0.230 e. The summed E-state index contributed by atoms with van der Waals surface area (Å²) in [4.78, 5) is 7.09. The third-order valence-electron chi connectivity index (χ3n) is 5.35. The second-order valence-electron chi connectivity index (χ2n) is 7.33. The predicted molar refractivity (Wildman–Crippen MR) is 99.5 cm³/mol. The summed E-state index contributed by atoms with van der Waals surface area (Å²) in [6, 6.07) is 5.58. The number of piperidine rings is 1. The molecule has 0 amide bonds. The van der Waals surface area contributed by atoms with Gasteiger partial charge in [0, 0.05) is 13.2 Å². The summed E-state index contributed by atoms with van der Waals surface area (Å²) in [5, 5.41) is 9.52. The minimum atomic E-state index is 0.0501. The first-order valence-electron chi connectivity index (χ1n) is 9.00. The fourth-order valence-electron chi connectivity index (χ4n) is 3.29. The van der Waals surface area contributed by atoms with Crippen molar-refractivity contribution >= 4 is 0 Å². The number of aromatic nitrogens is 1. The van der Waals surface area contributed by atoms with Crippen LogP contribution in [0.3, 0.4) is 0 Å². The summed E-state index contributed by atoms with van der Waals surface area (Å²) < 4.78 is 16.7. The van der Waals surface area contributed by atoms with Gasteiger partial charge in [-0.3, -0.25) is 4.90 Å². The predicted octanol–water partition coefficient (Wildman–Crippen LogP) is 3.26. The van der Waals surface area contributed by atoms with Crippen LogP contribution in [0, 0.1) is 12.3 Å². The van der Waals surface area contributed by atoms with Crippen molar-refractivity contribution in [2.45, 2.75) is 33.2 Å². The Morgan fingerprint density at radius 1 is 1.23 bits per heavy atom. The number of aliphatic hydroxyl groups is 1. The van der Waals surface area contributed by atoms with Crippen LogP contribution in [-0.4, -0.2) is 48.9 Å². The lowest BCUT2D eigenvalue weighted by Crippen LogP contribution is -2.40. The first-order valence-corrected chi connectivity index (χ1v) is 9.00. The molecule has 26 heavy (non-hydrogen) atoms. The Morgan fingerprint density at radius 3 is 2.58 bits per heavy atom. The molecule has 6 heteroatoms. The molecule has 2 heterocycles. The largest absolute Gasteiger partial charge is 0.497 e. The Morgan fingerprint density at radius 2 is 1.96 bits per heavy atom. The first-order chi connectivity index (χ1) is 12.5. The quantitative estimate of drug-likeness (QED) is 0.853. The van der Waals surface area contributed by atoms with Crippen LogP contribution in [0.15, 0.2) is 22.6 Å². The molecular weight excluding hydrogens is 332 g/mol. The molecule has 6 nitrogen and oxygen atoms in total. The van der Waals surface area contributed by atoms with Crippen molar-refractivity contribution in [2.24, 2.45) is 5.41 Å². The summed E-state index contributed by atoms with van der Waals surface area (Å²) in [6.07, 6.45) is 1.99. The van der Waals surface area contributed by atoms with Crippen LogP contribution in [0.2, 0.25) is 0 Å². The standard InChI is InChI=1S/C20H28N2O4/c1-14-17(12-22-9-7-20(2,13-23)8-10-22)21-19(26-14)16-11-15(24-3)5-6-18(16)25-4/h5-6,11,23H,7-10,12-13H2,1-4H3. The van der Waals surface area contributed by atoms with Gasteiger partial charge in [-0.2, -0.15) is 0 Å². The van der Waals surface area contributed by atoms with Gasteiger partial charge >= 0.3 is 0 Å². The van der Waals surface area contributed by atoms with E-state index in [1.54, 1.807) is 14.2 Å². The zero-order chi connectivity index (χ0) is 18.7. The number of benzene rings is 1. The summed E-state index contributed by atoms with van der Waals surface area (Å²) in [5.74, 6) is 2.80. The molecule has 0 saturated carbocycles. The maximum absolute atomic E-state index is 9.52. The molecule has 3 rings (SSSR count). The van der Waals surface area contributed by atoms with Gasteiger partial charge in [-0.1, -0.05) is 6.92 Å². The smallest absolute Gasteiger partial charge is 0.230 e. The average molecular weight is 360 g/mol. The lowest BCUT2D eigenvalue weighted by atomic mass is 9.81. The number of ether oxygens (including phenoxy) is 2. The number of likely N-dealkylation sites (tertiary alicyclic amines) is 1. The van der Waals surface area contributed by atoms with Gasteiger partial charge in [0.25, 0.3) is 0 Å². The molecule has 1 aliphatic heterocycles. The van der Waals surface area contributed by atoms with E-state index in [-0.39, 0.29) is 12.0 Å². The van der Waals surface area contributed by atoms with Crippen molar-refractivity contribution in [3.05, 3.63) is 29.7 Å². The third-order valence-corrected chi connectivity index (χ3v) is 5.35. The number of nitrogens with zero attached hydrogens (tertiary/aromatic N) is 2. The minimum Gasteiger partial charge on any atom is -0.497 e. The van der Waals surface area contributed by atoms with Crippen LogP contribution in [0.4, 0.5) is 0 Å².